The topological polar surface area (TPSA) is 62.3 Å². The first kappa shape index (κ1) is 15.1. The summed E-state index contributed by atoms with van der Waals surface area (Å²) in [7, 11) is 0. The molecule has 0 unspecified atom stereocenters. The Morgan fingerprint density at radius 1 is 1.26 bits per heavy atom. The lowest BCUT2D eigenvalue weighted by atomic mass is 9.78. The van der Waals surface area contributed by atoms with Gasteiger partial charge in [-0.05, 0) is 23.8 Å². The number of rotatable bonds is 2. The average molecular weight is 313 g/mol. The van der Waals surface area contributed by atoms with Crippen molar-refractivity contribution >= 4 is 17.5 Å². The first-order chi connectivity index (χ1) is 10.9. The standard InChI is InChI=1S/C17H16FN3O2/c1-17(2)10-14(22)21(13-8-4-3-7-12(13)17)20-16(23)11-6-5-9-19-15(11)18/h3-9H,10H2,1-2H3,(H,20,23). The first-order valence-electron chi connectivity index (χ1n) is 7.24. The third-order valence-corrected chi connectivity index (χ3v) is 3.93. The van der Waals surface area contributed by atoms with Crippen LogP contribution in [0.3, 0.4) is 0 Å². The summed E-state index contributed by atoms with van der Waals surface area (Å²) >= 11 is 0. The second-order valence-corrected chi connectivity index (χ2v) is 6.09. The van der Waals surface area contributed by atoms with Crippen LogP contribution in [0.4, 0.5) is 10.1 Å². The van der Waals surface area contributed by atoms with Gasteiger partial charge in [0.05, 0.1) is 11.3 Å². The van der Waals surface area contributed by atoms with Crippen molar-refractivity contribution in [2.24, 2.45) is 0 Å². The summed E-state index contributed by atoms with van der Waals surface area (Å²) in [5, 5.41) is 1.19. The van der Waals surface area contributed by atoms with Gasteiger partial charge in [0.15, 0.2) is 0 Å². The zero-order valence-corrected chi connectivity index (χ0v) is 12.8. The number of halogens is 1. The minimum absolute atomic E-state index is 0.206. The van der Waals surface area contributed by atoms with Crippen LogP contribution >= 0.6 is 0 Å². The van der Waals surface area contributed by atoms with Crippen molar-refractivity contribution in [3.8, 4) is 0 Å². The lowest BCUT2D eigenvalue weighted by Crippen LogP contribution is -2.51. The Labute approximate surface area is 133 Å². The van der Waals surface area contributed by atoms with Crippen LogP contribution in [0, 0.1) is 5.95 Å². The minimum atomic E-state index is -0.872. The van der Waals surface area contributed by atoms with Gasteiger partial charge in [-0.2, -0.15) is 4.39 Å². The SMILES string of the molecule is CC1(C)CC(=O)N(NC(=O)c2cccnc2F)c2ccccc21. The number of hydrazine groups is 1. The number of pyridine rings is 1. The van der Waals surface area contributed by atoms with Crippen LogP contribution in [0.1, 0.15) is 36.2 Å². The quantitative estimate of drug-likeness (QED) is 0.867. The van der Waals surface area contributed by atoms with E-state index in [1.807, 2.05) is 26.0 Å². The highest BCUT2D eigenvalue weighted by Crippen LogP contribution is 2.39. The van der Waals surface area contributed by atoms with Gasteiger partial charge in [-0.25, -0.2) is 9.99 Å². The number of hydrogen-bond donors (Lipinski definition) is 1. The molecular formula is C17H16FN3O2. The molecule has 0 aliphatic carbocycles. The molecule has 0 spiro atoms. The zero-order valence-electron chi connectivity index (χ0n) is 12.8. The molecule has 5 nitrogen and oxygen atoms in total. The van der Waals surface area contributed by atoms with Gasteiger partial charge >= 0.3 is 0 Å². The number of para-hydroxylation sites is 1. The fourth-order valence-electron chi connectivity index (χ4n) is 2.77. The second kappa shape index (κ2) is 5.46. The summed E-state index contributed by atoms with van der Waals surface area (Å²) in [5.74, 6) is -1.83. The molecule has 0 atom stereocenters. The Kier molecular flexibility index (Phi) is 3.60. The van der Waals surface area contributed by atoms with E-state index in [-0.39, 0.29) is 23.3 Å². The number of carbonyl (C=O) groups is 2. The van der Waals surface area contributed by atoms with Gasteiger partial charge in [0.1, 0.15) is 0 Å². The predicted octanol–water partition coefficient (Wildman–Crippen LogP) is 2.58. The predicted molar refractivity (Wildman–Crippen MR) is 83.2 cm³/mol. The molecule has 1 aromatic heterocycles. The fourth-order valence-corrected chi connectivity index (χ4v) is 2.77. The Morgan fingerprint density at radius 2 is 2.00 bits per heavy atom. The molecular weight excluding hydrogens is 297 g/mol. The van der Waals surface area contributed by atoms with Crippen LogP contribution in [0.25, 0.3) is 0 Å². The second-order valence-electron chi connectivity index (χ2n) is 6.09. The normalized spacial score (nSPS) is 16.0. The highest BCUT2D eigenvalue weighted by Gasteiger charge is 2.37. The molecule has 2 heterocycles. The number of anilines is 1. The molecule has 0 fully saturated rings. The van der Waals surface area contributed by atoms with Gasteiger partial charge in [-0.1, -0.05) is 32.0 Å². The van der Waals surface area contributed by atoms with Gasteiger partial charge in [0, 0.05) is 18.0 Å². The van der Waals surface area contributed by atoms with E-state index in [9.17, 15) is 14.0 Å². The van der Waals surface area contributed by atoms with Gasteiger partial charge in [0.2, 0.25) is 11.9 Å². The van der Waals surface area contributed by atoms with Crippen molar-refractivity contribution in [1.82, 2.24) is 10.4 Å². The molecule has 1 aliphatic heterocycles. The molecule has 3 rings (SSSR count). The van der Waals surface area contributed by atoms with Crippen molar-refractivity contribution in [2.75, 3.05) is 5.01 Å². The van der Waals surface area contributed by atoms with E-state index in [0.29, 0.717) is 5.69 Å². The van der Waals surface area contributed by atoms with Crippen LogP contribution in [-0.2, 0) is 10.2 Å². The molecule has 2 aromatic rings. The van der Waals surface area contributed by atoms with E-state index in [4.69, 9.17) is 0 Å². The fraction of sp³-hybridized carbons (Fsp3) is 0.235. The molecule has 1 aromatic carbocycles. The first-order valence-corrected chi connectivity index (χ1v) is 7.24. The Hall–Kier alpha value is -2.76. The monoisotopic (exact) mass is 313 g/mol. The largest absolute Gasteiger partial charge is 0.274 e. The van der Waals surface area contributed by atoms with Crippen LogP contribution in [0.2, 0.25) is 0 Å². The Balaban J connectivity index is 1.96. The number of fused-ring (bicyclic) bond motifs is 1. The minimum Gasteiger partial charge on any atom is -0.273 e. The molecule has 1 aliphatic rings. The van der Waals surface area contributed by atoms with Crippen LogP contribution in [0.15, 0.2) is 42.6 Å². The van der Waals surface area contributed by atoms with Crippen molar-refractivity contribution in [3.63, 3.8) is 0 Å². The van der Waals surface area contributed by atoms with Crippen molar-refractivity contribution in [1.29, 1.82) is 0 Å². The van der Waals surface area contributed by atoms with Gasteiger partial charge in [-0.15, -0.1) is 0 Å². The molecule has 118 valence electrons. The van der Waals surface area contributed by atoms with E-state index >= 15 is 0 Å². The highest BCUT2D eigenvalue weighted by atomic mass is 19.1. The maximum atomic E-state index is 13.6. The van der Waals surface area contributed by atoms with E-state index in [0.717, 1.165) is 5.56 Å². The molecule has 0 radical (unpaired) electrons. The summed E-state index contributed by atoms with van der Waals surface area (Å²) in [5.41, 5.74) is 3.51. The number of carbonyl (C=O) groups excluding carboxylic acids is 2. The summed E-state index contributed by atoms with van der Waals surface area (Å²) in [6, 6.07) is 10.1. The number of amides is 2. The number of aromatic nitrogens is 1. The van der Waals surface area contributed by atoms with Crippen LogP contribution < -0.4 is 10.4 Å². The third-order valence-electron chi connectivity index (χ3n) is 3.93. The Bertz CT molecular complexity index is 789. The van der Waals surface area contributed by atoms with Crippen molar-refractivity contribution in [3.05, 3.63) is 59.7 Å². The summed E-state index contributed by atoms with van der Waals surface area (Å²) < 4.78 is 13.6. The zero-order chi connectivity index (χ0) is 16.6. The maximum Gasteiger partial charge on any atom is 0.274 e. The molecule has 1 N–H and O–H groups in total. The highest BCUT2D eigenvalue weighted by molar-refractivity contribution is 6.03. The van der Waals surface area contributed by atoms with E-state index < -0.39 is 11.9 Å². The number of hydrogen-bond acceptors (Lipinski definition) is 3. The average Bonchev–Trinajstić information content (AvgIpc) is 2.51. The number of nitrogens with zero attached hydrogens (tertiary/aromatic N) is 2. The number of benzene rings is 1. The van der Waals surface area contributed by atoms with E-state index in [1.165, 1.54) is 23.3 Å². The molecule has 23 heavy (non-hydrogen) atoms. The summed E-state index contributed by atoms with van der Waals surface area (Å²) in [4.78, 5) is 28.1. The summed E-state index contributed by atoms with van der Waals surface area (Å²) in [6.07, 6.45) is 1.51. The molecule has 0 bridgehead atoms. The lowest BCUT2D eigenvalue weighted by Gasteiger charge is -2.38. The van der Waals surface area contributed by atoms with Crippen LogP contribution in [0.5, 0.6) is 0 Å². The third kappa shape index (κ3) is 2.67. The number of nitrogens with one attached hydrogen (secondary N) is 1. The molecule has 0 saturated carbocycles. The van der Waals surface area contributed by atoms with E-state index in [2.05, 4.69) is 10.4 Å². The maximum absolute atomic E-state index is 13.6. The molecule has 6 heteroatoms. The van der Waals surface area contributed by atoms with Crippen molar-refractivity contribution in [2.45, 2.75) is 25.7 Å². The molecule has 0 saturated heterocycles. The molecule has 2 amide bonds. The van der Waals surface area contributed by atoms with Gasteiger partial charge in [0.25, 0.3) is 5.91 Å². The summed E-state index contributed by atoms with van der Waals surface area (Å²) in [6.45, 7) is 3.95. The van der Waals surface area contributed by atoms with Gasteiger partial charge in [-0.3, -0.25) is 15.0 Å². The lowest BCUT2D eigenvalue weighted by molar-refractivity contribution is -0.120. The van der Waals surface area contributed by atoms with Crippen molar-refractivity contribution < 1.29 is 14.0 Å². The Morgan fingerprint density at radius 3 is 2.74 bits per heavy atom. The van der Waals surface area contributed by atoms with E-state index in [1.54, 1.807) is 12.1 Å². The smallest absolute Gasteiger partial charge is 0.273 e. The van der Waals surface area contributed by atoms with Crippen LogP contribution in [-0.4, -0.2) is 16.8 Å². The van der Waals surface area contributed by atoms with Gasteiger partial charge < -0.3 is 0 Å².